The number of alkyl halides is 1. The second-order valence-electron chi connectivity index (χ2n) is 5.51. The number of hydrogen-bond donors (Lipinski definition) is 0. The molecule has 2 nitrogen and oxygen atoms in total. The Hall–Kier alpha value is -1.28. The Morgan fingerprint density at radius 3 is 2.58 bits per heavy atom. The molecule has 0 fully saturated rings. The molecule has 0 aliphatic carbocycles. The van der Waals surface area contributed by atoms with E-state index in [1.54, 1.807) is 0 Å². The summed E-state index contributed by atoms with van der Waals surface area (Å²) in [6.45, 7) is 6.72. The van der Waals surface area contributed by atoms with Crippen molar-refractivity contribution in [3.05, 3.63) is 36.0 Å². The molecule has 1 aromatic heterocycles. The first kappa shape index (κ1) is 14.1. The molecule has 102 valence electrons. The van der Waals surface area contributed by atoms with Gasteiger partial charge in [0.05, 0.1) is 17.1 Å². The summed E-state index contributed by atoms with van der Waals surface area (Å²) in [6, 6.07) is 10.3. The summed E-state index contributed by atoms with van der Waals surface area (Å²) in [7, 11) is 2.14. The van der Waals surface area contributed by atoms with Gasteiger partial charge in [0.1, 0.15) is 0 Å². The van der Waals surface area contributed by atoms with Crippen molar-refractivity contribution < 1.29 is 0 Å². The molecule has 3 heteroatoms. The lowest BCUT2D eigenvalue weighted by molar-refractivity contribution is 0.471. The topological polar surface area (TPSA) is 16.1 Å². The highest BCUT2D eigenvalue weighted by Gasteiger charge is 2.23. The first-order valence-electron chi connectivity index (χ1n) is 6.68. The van der Waals surface area contributed by atoms with Gasteiger partial charge in [0, 0.05) is 23.7 Å². The Morgan fingerprint density at radius 2 is 1.95 bits per heavy atom. The fourth-order valence-electron chi connectivity index (χ4n) is 2.12. The Labute approximate surface area is 120 Å². The number of anilines is 1. The van der Waals surface area contributed by atoms with Gasteiger partial charge >= 0.3 is 0 Å². The van der Waals surface area contributed by atoms with Crippen LogP contribution in [0.15, 0.2) is 30.3 Å². The third-order valence-electron chi connectivity index (χ3n) is 4.02. The Morgan fingerprint density at radius 1 is 1.26 bits per heavy atom. The summed E-state index contributed by atoms with van der Waals surface area (Å²) >= 11 is 5.97. The van der Waals surface area contributed by atoms with E-state index in [9.17, 15) is 0 Å². The molecule has 0 saturated carbocycles. The van der Waals surface area contributed by atoms with Gasteiger partial charge in [0.15, 0.2) is 0 Å². The van der Waals surface area contributed by atoms with Crippen LogP contribution in [0.1, 0.15) is 32.9 Å². The maximum Gasteiger partial charge on any atom is 0.0726 e. The van der Waals surface area contributed by atoms with Crippen molar-refractivity contribution in [3.8, 4) is 0 Å². The van der Waals surface area contributed by atoms with Gasteiger partial charge in [-0.1, -0.05) is 25.1 Å². The fourth-order valence-corrected chi connectivity index (χ4v) is 2.26. The molecule has 2 aromatic rings. The van der Waals surface area contributed by atoms with E-state index >= 15 is 0 Å². The van der Waals surface area contributed by atoms with Crippen LogP contribution in [0.4, 0.5) is 5.69 Å². The van der Waals surface area contributed by atoms with Crippen molar-refractivity contribution in [1.29, 1.82) is 0 Å². The summed E-state index contributed by atoms with van der Waals surface area (Å²) in [5.41, 5.74) is 3.24. The Bertz CT molecular complexity index is 578. The van der Waals surface area contributed by atoms with Gasteiger partial charge in [-0.05, 0) is 32.4 Å². The summed E-state index contributed by atoms with van der Waals surface area (Å²) < 4.78 is 0. The largest absolute Gasteiger partial charge is 0.369 e. The van der Waals surface area contributed by atoms with E-state index in [0.717, 1.165) is 17.6 Å². The van der Waals surface area contributed by atoms with E-state index in [2.05, 4.69) is 55.9 Å². The van der Waals surface area contributed by atoms with Gasteiger partial charge in [0.2, 0.25) is 0 Å². The highest BCUT2D eigenvalue weighted by molar-refractivity contribution is 6.17. The highest BCUT2D eigenvalue weighted by Crippen LogP contribution is 2.32. The highest BCUT2D eigenvalue weighted by atomic mass is 35.5. The average Bonchev–Trinajstić information content (AvgIpc) is 2.45. The van der Waals surface area contributed by atoms with Crippen LogP contribution in [-0.4, -0.2) is 17.6 Å². The molecule has 0 aliphatic rings. The third-order valence-corrected chi connectivity index (χ3v) is 4.29. The molecular formula is C16H21ClN2. The quantitative estimate of drug-likeness (QED) is 0.759. The van der Waals surface area contributed by atoms with Crippen LogP contribution in [0.3, 0.4) is 0 Å². The predicted octanol–water partition coefficient (Wildman–Crippen LogP) is 4.60. The van der Waals surface area contributed by atoms with Crippen LogP contribution in [0.5, 0.6) is 0 Å². The summed E-state index contributed by atoms with van der Waals surface area (Å²) in [4.78, 5) is 6.91. The second-order valence-corrected chi connectivity index (χ2v) is 5.78. The third kappa shape index (κ3) is 2.69. The minimum Gasteiger partial charge on any atom is -0.369 e. The van der Waals surface area contributed by atoms with Crippen molar-refractivity contribution in [2.24, 2.45) is 0 Å². The predicted molar refractivity (Wildman–Crippen MR) is 84.1 cm³/mol. The molecule has 0 N–H and O–H groups in total. The number of para-hydroxylation sites is 1. The van der Waals surface area contributed by atoms with E-state index in [0.29, 0.717) is 5.88 Å². The van der Waals surface area contributed by atoms with Gasteiger partial charge in [0.25, 0.3) is 0 Å². The number of pyridine rings is 1. The number of nitrogens with zero attached hydrogens (tertiary/aromatic N) is 2. The molecule has 0 radical (unpaired) electrons. The van der Waals surface area contributed by atoms with Gasteiger partial charge < -0.3 is 4.90 Å². The van der Waals surface area contributed by atoms with Gasteiger partial charge in [-0.3, -0.25) is 4.98 Å². The van der Waals surface area contributed by atoms with Gasteiger partial charge in [-0.2, -0.15) is 0 Å². The molecule has 0 aliphatic heterocycles. The van der Waals surface area contributed by atoms with E-state index in [1.165, 1.54) is 11.1 Å². The molecule has 0 atom stereocenters. The van der Waals surface area contributed by atoms with E-state index in [4.69, 9.17) is 11.6 Å². The lowest BCUT2D eigenvalue weighted by Gasteiger charge is -2.37. The molecular weight excluding hydrogens is 256 g/mol. The van der Waals surface area contributed by atoms with E-state index in [-0.39, 0.29) is 5.54 Å². The maximum absolute atomic E-state index is 5.97. The molecule has 0 spiro atoms. The molecule has 2 rings (SSSR count). The minimum atomic E-state index is 0.105. The molecule has 19 heavy (non-hydrogen) atoms. The van der Waals surface area contributed by atoms with Crippen LogP contribution < -0.4 is 4.90 Å². The zero-order valence-electron chi connectivity index (χ0n) is 12.1. The van der Waals surface area contributed by atoms with Crippen molar-refractivity contribution in [2.75, 3.05) is 11.9 Å². The van der Waals surface area contributed by atoms with Crippen LogP contribution in [0.25, 0.3) is 10.9 Å². The first-order chi connectivity index (χ1) is 8.99. The van der Waals surface area contributed by atoms with Crippen molar-refractivity contribution in [2.45, 2.75) is 38.6 Å². The van der Waals surface area contributed by atoms with Gasteiger partial charge in [-0.15, -0.1) is 11.6 Å². The van der Waals surface area contributed by atoms with Crippen molar-refractivity contribution >= 4 is 28.2 Å². The molecule has 0 bridgehead atoms. The van der Waals surface area contributed by atoms with Gasteiger partial charge in [-0.25, -0.2) is 0 Å². The minimum absolute atomic E-state index is 0.105. The fraction of sp³-hybridized carbons (Fsp3) is 0.438. The van der Waals surface area contributed by atoms with E-state index < -0.39 is 0 Å². The molecule has 1 heterocycles. The molecule has 0 unspecified atom stereocenters. The number of hydrogen-bond acceptors (Lipinski definition) is 2. The smallest absolute Gasteiger partial charge is 0.0726 e. The van der Waals surface area contributed by atoms with Crippen LogP contribution >= 0.6 is 11.6 Å². The average molecular weight is 277 g/mol. The van der Waals surface area contributed by atoms with E-state index in [1.807, 2.05) is 12.1 Å². The zero-order valence-corrected chi connectivity index (χ0v) is 12.8. The summed E-state index contributed by atoms with van der Waals surface area (Å²) in [5, 5.41) is 1.18. The first-order valence-corrected chi connectivity index (χ1v) is 7.21. The zero-order chi connectivity index (χ0) is 14.0. The normalized spacial score (nSPS) is 11.8. The summed E-state index contributed by atoms with van der Waals surface area (Å²) in [5.74, 6) is 0.443. The molecule has 0 saturated heterocycles. The lowest BCUT2D eigenvalue weighted by Crippen LogP contribution is -2.40. The standard InChI is InChI=1S/C16H21ClN2/c1-5-16(2,3)19(4)15-10-12(11-17)18-14-9-7-6-8-13(14)15/h6-10H,5,11H2,1-4H3. The maximum atomic E-state index is 5.97. The number of rotatable bonds is 4. The number of benzene rings is 1. The SMILES string of the molecule is CCC(C)(C)N(C)c1cc(CCl)nc2ccccc12. The Kier molecular flexibility index (Phi) is 4.00. The van der Waals surface area contributed by atoms with Crippen LogP contribution in [-0.2, 0) is 5.88 Å². The van der Waals surface area contributed by atoms with Crippen molar-refractivity contribution in [1.82, 2.24) is 4.98 Å². The lowest BCUT2D eigenvalue weighted by atomic mass is 9.98. The number of halogens is 1. The monoisotopic (exact) mass is 276 g/mol. The van der Waals surface area contributed by atoms with Crippen molar-refractivity contribution in [3.63, 3.8) is 0 Å². The Balaban J connectivity index is 2.64. The molecule has 1 aromatic carbocycles. The molecule has 0 amide bonds. The second kappa shape index (κ2) is 5.38. The number of fused-ring (bicyclic) bond motifs is 1. The summed E-state index contributed by atoms with van der Waals surface area (Å²) in [6.07, 6.45) is 1.08. The van der Waals surface area contributed by atoms with Crippen LogP contribution in [0, 0.1) is 0 Å². The number of aromatic nitrogens is 1. The van der Waals surface area contributed by atoms with Crippen LogP contribution in [0.2, 0.25) is 0 Å².